The first kappa shape index (κ1) is 30.3. The summed E-state index contributed by atoms with van der Waals surface area (Å²) in [6.45, 7) is -0.820. The number of ether oxygens (including phenoxy) is 2. The highest BCUT2D eigenvalue weighted by molar-refractivity contribution is 7.92. The van der Waals surface area contributed by atoms with Gasteiger partial charge in [-0.3, -0.25) is 13.9 Å². The van der Waals surface area contributed by atoms with Crippen molar-refractivity contribution >= 4 is 27.5 Å². The molecule has 1 aliphatic carbocycles. The zero-order valence-corrected chi connectivity index (χ0v) is 24.9. The van der Waals surface area contributed by atoms with Crippen molar-refractivity contribution in [2.24, 2.45) is 0 Å². The molecule has 0 spiro atoms. The van der Waals surface area contributed by atoms with Gasteiger partial charge < -0.3 is 19.7 Å². The standard InChI is InChI=1S/C32H36FN3O6S/c1-43(39,40)36(26-16-17-29-30(19-26)42-22-41-29)21-31(37)35(20-24-12-8-9-15-27(24)33)28(18-23-10-4-2-5-11-23)32(38)34-25-13-6-3-7-14-25/h2,4-5,8-12,15-17,19,25,28H,3,6-7,13-14,18,20-22H2,1H3,(H,34,38)/t28-/m0/s1. The fraction of sp³-hybridized carbons (Fsp3) is 0.375. The SMILES string of the molecule is CS(=O)(=O)N(CC(=O)N(Cc1ccccc1F)[C@@H](Cc1ccccc1)C(=O)NC1CCCCC1)c1ccc2c(c1)OCO2. The lowest BCUT2D eigenvalue weighted by atomic mass is 9.94. The molecule has 2 aliphatic rings. The van der Waals surface area contributed by atoms with Crippen LogP contribution in [-0.4, -0.2) is 56.8 Å². The van der Waals surface area contributed by atoms with Gasteiger partial charge in [-0.1, -0.05) is 67.8 Å². The van der Waals surface area contributed by atoms with Crippen LogP contribution in [0.1, 0.15) is 43.2 Å². The van der Waals surface area contributed by atoms with Gasteiger partial charge in [-0.2, -0.15) is 0 Å². The van der Waals surface area contributed by atoms with E-state index in [2.05, 4.69) is 5.32 Å². The highest BCUT2D eigenvalue weighted by atomic mass is 32.2. The summed E-state index contributed by atoms with van der Waals surface area (Å²) in [6, 6.07) is 18.9. The summed E-state index contributed by atoms with van der Waals surface area (Å²) in [5, 5.41) is 3.13. The predicted molar refractivity (Wildman–Crippen MR) is 161 cm³/mol. The molecule has 0 aromatic heterocycles. The molecule has 11 heteroatoms. The van der Waals surface area contributed by atoms with Gasteiger partial charge in [0.1, 0.15) is 18.4 Å². The first-order valence-electron chi connectivity index (χ1n) is 14.4. The lowest BCUT2D eigenvalue weighted by molar-refractivity contribution is -0.140. The fourth-order valence-electron chi connectivity index (χ4n) is 5.56. The van der Waals surface area contributed by atoms with Crippen molar-refractivity contribution in [3.05, 3.63) is 89.7 Å². The van der Waals surface area contributed by atoms with Crippen LogP contribution in [0.15, 0.2) is 72.8 Å². The van der Waals surface area contributed by atoms with Crippen LogP contribution in [0.3, 0.4) is 0 Å². The average molecular weight is 610 g/mol. The Morgan fingerprint density at radius 3 is 2.37 bits per heavy atom. The lowest BCUT2D eigenvalue weighted by Gasteiger charge is -2.35. The second-order valence-electron chi connectivity index (χ2n) is 11.0. The minimum atomic E-state index is -3.96. The van der Waals surface area contributed by atoms with Crippen LogP contribution >= 0.6 is 0 Å². The van der Waals surface area contributed by atoms with Gasteiger partial charge in [0.25, 0.3) is 0 Å². The Balaban J connectivity index is 1.51. The number of hydrogen-bond donors (Lipinski definition) is 1. The fourth-order valence-corrected chi connectivity index (χ4v) is 6.40. The molecule has 43 heavy (non-hydrogen) atoms. The van der Waals surface area contributed by atoms with Gasteiger partial charge in [0.15, 0.2) is 11.5 Å². The molecular formula is C32H36FN3O6S. The van der Waals surface area contributed by atoms with Crippen molar-refractivity contribution in [1.82, 2.24) is 10.2 Å². The zero-order chi connectivity index (χ0) is 30.4. The second-order valence-corrected chi connectivity index (χ2v) is 12.9. The molecule has 0 radical (unpaired) electrons. The van der Waals surface area contributed by atoms with Crippen molar-refractivity contribution < 1.29 is 31.9 Å². The Hall–Kier alpha value is -4.12. The maximum Gasteiger partial charge on any atom is 0.244 e. The minimum absolute atomic E-state index is 0.00425. The molecule has 0 saturated heterocycles. The van der Waals surface area contributed by atoms with Crippen LogP contribution in [0.25, 0.3) is 0 Å². The van der Waals surface area contributed by atoms with E-state index in [1.807, 2.05) is 30.3 Å². The van der Waals surface area contributed by atoms with Gasteiger partial charge in [-0.25, -0.2) is 12.8 Å². The third-order valence-electron chi connectivity index (χ3n) is 7.84. The van der Waals surface area contributed by atoms with Gasteiger partial charge in [0.05, 0.1) is 11.9 Å². The first-order valence-corrected chi connectivity index (χ1v) is 16.3. The van der Waals surface area contributed by atoms with Gasteiger partial charge in [0, 0.05) is 30.6 Å². The molecule has 1 heterocycles. The third-order valence-corrected chi connectivity index (χ3v) is 8.99. The molecule has 228 valence electrons. The number of rotatable bonds is 11. The Kier molecular flexibility index (Phi) is 9.49. The van der Waals surface area contributed by atoms with Crippen molar-refractivity contribution in [2.45, 2.75) is 57.2 Å². The van der Waals surface area contributed by atoms with Crippen molar-refractivity contribution in [3.63, 3.8) is 0 Å². The van der Waals surface area contributed by atoms with Crippen molar-refractivity contribution in [2.75, 3.05) is 23.9 Å². The van der Waals surface area contributed by atoms with E-state index >= 15 is 0 Å². The normalized spacial score (nSPS) is 15.5. The molecule has 1 aliphatic heterocycles. The smallest absolute Gasteiger partial charge is 0.244 e. The van der Waals surface area contributed by atoms with Crippen LogP contribution in [-0.2, 0) is 32.6 Å². The Morgan fingerprint density at radius 2 is 1.65 bits per heavy atom. The highest BCUT2D eigenvalue weighted by Crippen LogP contribution is 2.36. The summed E-state index contributed by atoms with van der Waals surface area (Å²) in [5.74, 6) is -0.703. The number of halogens is 1. The molecule has 1 saturated carbocycles. The van der Waals surface area contributed by atoms with E-state index in [0.29, 0.717) is 11.5 Å². The van der Waals surface area contributed by atoms with E-state index in [1.54, 1.807) is 24.3 Å². The van der Waals surface area contributed by atoms with E-state index in [4.69, 9.17) is 9.47 Å². The average Bonchev–Trinajstić information content (AvgIpc) is 3.47. The maximum absolute atomic E-state index is 15.0. The zero-order valence-electron chi connectivity index (χ0n) is 24.1. The van der Waals surface area contributed by atoms with Crippen LogP contribution in [0.5, 0.6) is 11.5 Å². The number of benzene rings is 3. The minimum Gasteiger partial charge on any atom is -0.454 e. The molecule has 0 bridgehead atoms. The number of sulfonamides is 1. The maximum atomic E-state index is 15.0. The van der Waals surface area contributed by atoms with Crippen LogP contribution in [0.4, 0.5) is 10.1 Å². The molecule has 3 aromatic carbocycles. The molecule has 1 fully saturated rings. The van der Waals surface area contributed by atoms with E-state index in [1.165, 1.54) is 23.1 Å². The van der Waals surface area contributed by atoms with E-state index in [0.717, 1.165) is 48.2 Å². The molecule has 0 unspecified atom stereocenters. The molecule has 5 rings (SSSR count). The number of carbonyl (C=O) groups is 2. The number of amides is 2. The molecule has 2 amide bonds. The van der Waals surface area contributed by atoms with Crippen LogP contribution in [0.2, 0.25) is 0 Å². The molecule has 3 aromatic rings. The van der Waals surface area contributed by atoms with E-state index in [-0.39, 0.29) is 43.0 Å². The van der Waals surface area contributed by atoms with E-state index < -0.39 is 34.3 Å². The number of anilines is 1. The summed E-state index contributed by atoms with van der Waals surface area (Å²) >= 11 is 0. The number of carbonyl (C=O) groups excluding carboxylic acids is 2. The lowest BCUT2D eigenvalue weighted by Crippen LogP contribution is -2.55. The summed E-state index contributed by atoms with van der Waals surface area (Å²) < 4.78 is 52.7. The summed E-state index contributed by atoms with van der Waals surface area (Å²) in [4.78, 5) is 29.5. The predicted octanol–water partition coefficient (Wildman–Crippen LogP) is 4.41. The van der Waals surface area contributed by atoms with Gasteiger partial charge in [-0.05, 0) is 36.6 Å². The number of nitrogens with one attached hydrogen (secondary N) is 1. The molecule has 1 N–H and O–H groups in total. The Labute approximate surface area is 251 Å². The second kappa shape index (κ2) is 13.5. The van der Waals surface area contributed by atoms with Gasteiger partial charge in [-0.15, -0.1) is 0 Å². The highest BCUT2D eigenvalue weighted by Gasteiger charge is 2.34. The number of hydrogen-bond acceptors (Lipinski definition) is 6. The van der Waals surface area contributed by atoms with Crippen molar-refractivity contribution in [1.29, 1.82) is 0 Å². The number of fused-ring (bicyclic) bond motifs is 1. The van der Waals surface area contributed by atoms with Gasteiger partial charge in [0.2, 0.25) is 28.6 Å². The Morgan fingerprint density at radius 1 is 0.953 bits per heavy atom. The largest absolute Gasteiger partial charge is 0.454 e. The van der Waals surface area contributed by atoms with Crippen molar-refractivity contribution in [3.8, 4) is 11.5 Å². The van der Waals surface area contributed by atoms with Crippen LogP contribution < -0.4 is 19.1 Å². The summed E-state index contributed by atoms with van der Waals surface area (Å²) in [7, 11) is -3.96. The molecule has 1 atom stereocenters. The topological polar surface area (TPSA) is 105 Å². The monoisotopic (exact) mass is 609 g/mol. The van der Waals surface area contributed by atoms with Gasteiger partial charge >= 0.3 is 0 Å². The Bertz CT molecular complexity index is 1550. The first-order chi connectivity index (χ1) is 20.7. The quantitative estimate of drug-likeness (QED) is 0.346. The summed E-state index contributed by atoms with van der Waals surface area (Å²) in [6.07, 6.45) is 5.98. The molecular weight excluding hydrogens is 573 g/mol. The molecule has 9 nitrogen and oxygen atoms in total. The van der Waals surface area contributed by atoms with Crippen LogP contribution in [0, 0.1) is 5.82 Å². The van der Waals surface area contributed by atoms with E-state index in [9.17, 15) is 22.4 Å². The summed E-state index contributed by atoms with van der Waals surface area (Å²) in [5.41, 5.74) is 1.24. The number of nitrogens with zero attached hydrogens (tertiary/aromatic N) is 2. The third kappa shape index (κ3) is 7.64.